The topological polar surface area (TPSA) is 93.1 Å². The number of halogens is 4. The Kier molecular flexibility index (Phi) is 7.55. The standard InChI is InChI=1S/C18H22F4O6/c1-17(2,5-7-23)27-15(25)9-11(19)13(21)10(14(22)12(9)20)16(26)28-18(3,4)6-8-24/h23-24H,5-8H2,1-4H3. The highest BCUT2D eigenvalue weighted by atomic mass is 19.2. The van der Waals surface area contributed by atoms with Crippen LogP contribution < -0.4 is 0 Å². The van der Waals surface area contributed by atoms with Crippen molar-refractivity contribution < 1.29 is 46.8 Å². The highest BCUT2D eigenvalue weighted by Crippen LogP contribution is 2.28. The second kappa shape index (κ2) is 8.87. The van der Waals surface area contributed by atoms with Crippen molar-refractivity contribution in [3.05, 3.63) is 34.4 Å². The third-order valence-electron chi connectivity index (χ3n) is 3.84. The van der Waals surface area contributed by atoms with Gasteiger partial charge in [-0.1, -0.05) is 0 Å². The van der Waals surface area contributed by atoms with E-state index in [4.69, 9.17) is 19.7 Å². The van der Waals surface area contributed by atoms with Crippen LogP contribution in [0.15, 0.2) is 0 Å². The van der Waals surface area contributed by atoms with Crippen LogP contribution in [0.3, 0.4) is 0 Å². The molecule has 0 saturated carbocycles. The first-order valence-corrected chi connectivity index (χ1v) is 8.32. The number of hydrogen-bond acceptors (Lipinski definition) is 6. The predicted octanol–water partition coefficient (Wildman–Crippen LogP) is 2.88. The molecule has 2 N–H and O–H groups in total. The monoisotopic (exact) mass is 410 g/mol. The third kappa shape index (κ3) is 5.41. The molecule has 0 fully saturated rings. The molecule has 0 aliphatic carbocycles. The van der Waals surface area contributed by atoms with Gasteiger partial charge in [0, 0.05) is 26.1 Å². The number of rotatable bonds is 8. The zero-order valence-corrected chi connectivity index (χ0v) is 15.9. The average molecular weight is 410 g/mol. The van der Waals surface area contributed by atoms with Crippen molar-refractivity contribution >= 4 is 11.9 Å². The molecule has 6 nitrogen and oxygen atoms in total. The Hall–Kier alpha value is -2.20. The summed E-state index contributed by atoms with van der Waals surface area (Å²) in [6.45, 7) is 4.44. The number of esters is 2. The number of hydrogen-bond donors (Lipinski definition) is 2. The van der Waals surface area contributed by atoms with E-state index in [1.807, 2.05) is 0 Å². The Bertz CT molecular complexity index is 669. The SMILES string of the molecule is CC(C)(CCO)OC(=O)c1c(F)c(F)c(C(=O)OC(C)(C)CCO)c(F)c1F. The third-order valence-corrected chi connectivity index (χ3v) is 3.84. The van der Waals surface area contributed by atoms with Gasteiger partial charge in [0.1, 0.15) is 22.3 Å². The van der Waals surface area contributed by atoms with Crippen LogP contribution >= 0.6 is 0 Å². The summed E-state index contributed by atoms with van der Waals surface area (Å²) in [4.78, 5) is 24.0. The molecule has 0 aliphatic heterocycles. The van der Waals surface area contributed by atoms with Gasteiger partial charge in [0.05, 0.1) is 0 Å². The zero-order chi connectivity index (χ0) is 21.9. The van der Waals surface area contributed by atoms with Crippen LogP contribution in [0.25, 0.3) is 0 Å². The smallest absolute Gasteiger partial charge is 0.344 e. The van der Waals surface area contributed by atoms with Crippen molar-refractivity contribution in [1.29, 1.82) is 0 Å². The minimum atomic E-state index is -2.12. The Morgan fingerprint density at radius 2 is 0.964 bits per heavy atom. The van der Waals surface area contributed by atoms with E-state index in [0.29, 0.717) is 0 Å². The number of ether oxygens (including phenoxy) is 2. The molecular formula is C18H22F4O6. The van der Waals surface area contributed by atoms with E-state index >= 15 is 0 Å². The average Bonchev–Trinajstić information content (AvgIpc) is 2.52. The van der Waals surface area contributed by atoms with Gasteiger partial charge in [0.15, 0.2) is 23.3 Å². The number of benzene rings is 1. The van der Waals surface area contributed by atoms with Crippen molar-refractivity contribution in [3.8, 4) is 0 Å². The van der Waals surface area contributed by atoms with E-state index in [1.165, 1.54) is 27.7 Å². The van der Waals surface area contributed by atoms with Gasteiger partial charge in [-0.2, -0.15) is 0 Å². The molecule has 0 spiro atoms. The highest BCUT2D eigenvalue weighted by Gasteiger charge is 2.37. The molecule has 10 heteroatoms. The molecule has 1 rings (SSSR count). The maximum absolute atomic E-state index is 14.3. The number of carbonyl (C=O) groups is 2. The molecule has 0 amide bonds. The molecule has 1 aromatic carbocycles. The minimum Gasteiger partial charge on any atom is -0.456 e. The van der Waals surface area contributed by atoms with Gasteiger partial charge in [-0.3, -0.25) is 0 Å². The van der Waals surface area contributed by atoms with Gasteiger partial charge in [-0.05, 0) is 27.7 Å². The fourth-order valence-corrected chi connectivity index (χ4v) is 2.23. The molecule has 0 aliphatic rings. The van der Waals surface area contributed by atoms with E-state index in [1.54, 1.807) is 0 Å². The van der Waals surface area contributed by atoms with E-state index < -0.39 is 70.8 Å². The Labute approximate surface area is 159 Å². The van der Waals surface area contributed by atoms with Crippen LogP contribution in [0, 0.1) is 23.3 Å². The van der Waals surface area contributed by atoms with Crippen LogP contribution in [0.5, 0.6) is 0 Å². The summed E-state index contributed by atoms with van der Waals surface area (Å²) < 4.78 is 66.7. The van der Waals surface area contributed by atoms with Crippen molar-refractivity contribution in [1.82, 2.24) is 0 Å². The van der Waals surface area contributed by atoms with Crippen LogP contribution in [-0.4, -0.2) is 46.6 Å². The molecule has 1 aromatic rings. The predicted molar refractivity (Wildman–Crippen MR) is 88.7 cm³/mol. The Morgan fingerprint density at radius 3 is 1.18 bits per heavy atom. The normalized spacial score (nSPS) is 12.1. The second-order valence-electron chi connectivity index (χ2n) is 7.25. The summed E-state index contributed by atoms with van der Waals surface area (Å²) in [5, 5.41) is 17.8. The summed E-state index contributed by atoms with van der Waals surface area (Å²) in [5.74, 6) is -11.9. The van der Waals surface area contributed by atoms with Gasteiger partial charge in [-0.15, -0.1) is 0 Å². The van der Waals surface area contributed by atoms with Gasteiger partial charge >= 0.3 is 11.9 Å². The van der Waals surface area contributed by atoms with Gasteiger partial charge in [0.2, 0.25) is 0 Å². The van der Waals surface area contributed by atoms with E-state index in [0.717, 1.165) is 0 Å². The van der Waals surface area contributed by atoms with Crippen molar-refractivity contribution in [3.63, 3.8) is 0 Å². The molecule has 0 unspecified atom stereocenters. The Balaban J connectivity index is 3.35. The first-order chi connectivity index (χ1) is 12.8. The van der Waals surface area contributed by atoms with E-state index in [2.05, 4.69) is 0 Å². The summed E-state index contributed by atoms with van der Waals surface area (Å²) in [5.41, 5.74) is -6.04. The summed E-state index contributed by atoms with van der Waals surface area (Å²) in [6.07, 6.45) is -0.200. The number of carbonyl (C=O) groups excluding carboxylic acids is 2. The lowest BCUT2D eigenvalue weighted by Crippen LogP contribution is -2.32. The molecule has 0 aromatic heterocycles. The lowest BCUT2D eigenvalue weighted by molar-refractivity contribution is -0.0142. The fraction of sp³-hybridized carbons (Fsp3) is 0.556. The molecule has 0 saturated heterocycles. The quantitative estimate of drug-likeness (QED) is 0.389. The van der Waals surface area contributed by atoms with Gasteiger partial charge in [-0.25, -0.2) is 27.2 Å². The maximum Gasteiger partial charge on any atom is 0.344 e. The first kappa shape index (κ1) is 23.8. The largest absolute Gasteiger partial charge is 0.456 e. The molecule has 0 bridgehead atoms. The Morgan fingerprint density at radius 1 is 0.714 bits per heavy atom. The summed E-state index contributed by atoms with van der Waals surface area (Å²) in [6, 6.07) is 0. The molecule has 158 valence electrons. The minimum absolute atomic E-state index is 0.0999. The summed E-state index contributed by atoms with van der Waals surface area (Å²) >= 11 is 0. The fourth-order valence-electron chi connectivity index (χ4n) is 2.23. The van der Waals surface area contributed by atoms with Crippen LogP contribution in [0.2, 0.25) is 0 Å². The van der Waals surface area contributed by atoms with Crippen LogP contribution in [-0.2, 0) is 9.47 Å². The maximum atomic E-state index is 14.3. The van der Waals surface area contributed by atoms with Gasteiger partial charge < -0.3 is 19.7 Å². The molecular weight excluding hydrogens is 388 g/mol. The lowest BCUT2D eigenvalue weighted by atomic mass is 10.0. The molecule has 28 heavy (non-hydrogen) atoms. The second-order valence-corrected chi connectivity index (χ2v) is 7.25. The van der Waals surface area contributed by atoms with Crippen molar-refractivity contribution in [2.75, 3.05) is 13.2 Å². The van der Waals surface area contributed by atoms with Gasteiger partial charge in [0.25, 0.3) is 0 Å². The summed E-state index contributed by atoms with van der Waals surface area (Å²) in [7, 11) is 0. The lowest BCUT2D eigenvalue weighted by Gasteiger charge is -2.25. The number of aliphatic hydroxyl groups excluding tert-OH is 2. The van der Waals surface area contributed by atoms with E-state index in [9.17, 15) is 27.2 Å². The first-order valence-electron chi connectivity index (χ1n) is 8.32. The molecule has 0 radical (unpaired) electrons. The zero-order valence-electron chi connectivity index (χ0n) is 15.9. The van der Waals surface area contributed by atoms with Crippen LogP contribution in [0.1, 0.15) is 61.3 Å². The van der Waals surface area contributed by atoms with E-state index in [-0.39, 0.29) is 12.8 Å². The van der Waals surface area contributed by atoms with Crippen molar-refractivity contribution in [2.45, 2.75) is 51.7 Å². The number of aliphatic hydroxyl groups is 2. The molecule has 0 atom stereocenters. The van der Waals surface area contributed by atoms with Crippen molar-refractivity contribution in [2.24, 2.45) is 0 Å². The van der Waals surface area contributed by atoms with Crippen LogP contribution in [0.4, 0.5) is 17.6 Å². The highest BCUT2D eigenvalue weighted by molar-refractivity contribution is 5.94. The molecule has 0 heterocycles.